The Balaban J connectivity index is 1.55. The zero-order chi connectivity index (χ0) is 18.8. The first-order chi connectivity index (χ1) is 13.1. The van der Waals surface area contributed by atoms with E-state index in [1.165, 1.54) is 6.20 Å². The highest BCUT2D eigenvalue weighted by Gasteiger charge is 2.17. The van der Waals surface area contributed by atoms with Gasteiger partial charge in [-0.3, -0.25) is 14.6 Å². The highest BCUT2D eigenvalue weighted by molar-refractivity contribution is 6.33. The summed E-state index contributed by atoms with van der Waals surface area (Å²) < 4.78 is 1.75. The lowest BCUT2D eigenvalue weighted by Crippen LogP contribution is -2.12. The molecule has 0 saturated carbocycles. The number of carbonyl (C=O) groups is 1. The van der Waals surface area contributed by atoms with Crippen LogP contribution >= 0.6 is 11.6 Å². The van der Waals surface area contributed by atoms with Crippen molar-refractivity contribution in [1.29, 1.82) is 0 Å². The topological polar surface area (TPSA) is 75.6 Å². The zero-order valence-corrected chi connectivity index (χ0v) is 15.2. The second-order valence-corrected chi connectivity index (χ2v) is 6.48. The molecule has 0 bridgehead atoms. The van der Waals surface area contributed by atoms with Gasteiger partial charge in [0.2, 0.25) is 0 Å². The quantitative estimate of drug-likeness (QED) is 0.554. The fourth-order valence-corrected chi connectivity index (χ4v) is 3.07. The number of halogens is 1. The fourth-order valence-electron chi connectivity index (χ4n) is 2.84. The number of aryl methyl sites for hydroxylation is 1. The van der Waals surface area contributed by atoms with E-state index in [1.54, 1.807) is 16.9 Å². The fraction of sp³-hybridized carbons (Fsp3) is 0.0500. The number of hydrogen-bond donors (Lipinski definition) is 2. The van der Waals surface area contributed by atoms with Gasteiger partial charge in [-0.2, -0.15) is 10.2 Å². The summed E-state index contributed by atoms with van der Waals surface area (Å²) in [6.45, 7) is 0. The van der Waals surface area contributed by atoms with E-state index >= 15 is 0 Å². The van der Waals surface area contributed by atoms with E-state index in [2.05, 4.69) is 20.6 Å². The second-order valence-electron chi connectivity index (χ2n) is 6.07. The summed E-state index contributed by atoms with van der Waals surface area (Å²) in [5, 5.41) is 14.5. The molecule has 0 fully saturated rings. The van der Waals surface area contributed by atoms with E-state index in [-0.39, 0.29) is 5.91 Å². The Hall–Kier alpha value is -3.38. The van der Waals surface area contributed by atoms with Crippen molar-refractivity contribution in [2.45, 2.75) is 0 Å². The molecule has 2 aromatic carbocycles. The SMILES string of the molecule is Cn1cc(-c2ccc(NC(=O)c3cn[nH]c3-c3ccccc3Cl)cc2)cn1. The van der Waals surface area contributed by atoms with Gasteiger partial charge < -0.3 is 5.32 Å². The molecular weight excluding hydrogens is 362 g/mol. The largest absolute Gasteiger partial charge is 0.322 e. The van der Waals surface area contributed by atoms with Crippen molar-refractivity contribution in [2.75, 3.05) is 5.32 Å². The molecule has 2 heterocycles. The van der Waals surface area contributed by atoms with E-state index < -0.39 is 0 Å². The molecule has 1 amide bonds. The third-order valence-corrected chi connectivity index (χ3v) is 4.54. The number of benzene rings is 2. The van der Waals surface area contributed by atoms with Crippen molar-refractivity contribution in [2.24, 2.45) is 7.05 Å². The first kappa shape index (κ1) is 17.1. The smallest absolute Gasteiger partial charge is 0.259 e. The molecule has 4 aromatic rings. The minimum absolute atomic E-state index is 0.257. The monoisotopic (exact) mass is 377 g/mol. The molecule has 0 unspecified atom stereocenters. The first-order valence-corrected chi connectivity index (χ1v) is 8.68. The first-order valence-electron chi connectivity index (χ1n) is 8.30. The van der Waals surface area contributed by atoms with Gasteiger partial charge in [0.1, 0.15) is 0 Å². The van der Waals surface area contributed by atoms with Crippen molar-refractivity contribution in [3.05, 3.63) is 77.7 Å². The van der Waals surface area contributed by atoms with Crippen LogP contribution in [0.5, 0.6) is 0 Å². The van der Waals surface area contributed by atoms with Gasteiger partial charge in [0.25, 0.3) is 5.91 Å². The highest BCUT2D eigenvalue weighted by Crippen LogP contribution is 2.29. The summed E-state index contributed by atoms with van der Waals surface area (Å²) in [4.78, 5) is 12.7. The number of rotatable bonds is 4. The van der Waals surface area contributed by atoms with E-state index in [4.69, 9.17) is 11.6 Å². The molecule has 0 atom stereocenters. The van der Waals surface area contributed by atoms with Gasteiger partial charge in [-0.05, 0) is 23.8 Å². The summed E-state index contributed by atoms with van der Waals surface area (Å²) in [5.41, 5.74) is 4.49. The Morgan fingerprint density at radius 3 is 2.56 bits per heavy atom. The Bertz CT molecular complexity index is 1100. The number of aromatic nitrogens is 4. The summed E-state index contributed by atoms with van der Waals surface area (Å²) in [5.74, 6) is -0.257. The molecule has 0 aliphatic carbocycles. The summed E-state index contributed by atoms with van der Waals surface area (Å²) in [7, 11) is 1.87. The number of nitrogens with one attached hydrogen (secondary N) is 2. The minimum Gasteiger partial charge on any atom is -0.322 e. The predicted octanol–water partition coefficient (Wildman–Crippen LogP) is 4.38. The molecule has 7 heteroatoms. The van der Waals surface area contributed by atoms with Crippen molar-refractivity contribution in [1.82, 2.24) is 20.0 Å². The molecule has 2 aromatic heterocycles. The van der Waals surface area contributed by atoms with E-state index in [0.717, 1.165) is 16.7 Å². The van der Waals surface area contributed by atoms with E-state index in [0.29, 0.717) is 22.0 Å². The van der Waals surface area contributed by atoms with Crippen LogP contribution in [-0.2, 0) is 7.05 Å². The lowest BCUT2D eigenvalue weighted by Gasteiger charge is -2.08. The highest BCUT2D eigenvalue weighted by atomic mass is 35.5. The third-order valence-electron chi connectivity index (χ3n) is 4.21. The third kappa shape index (κ3) is 3.47. The van der Waals surface area contributed by atoms with Gasteiger partial charge >= 0.3 is 0 Å². The number of H-pyrrole nitrogens is 1. The maximum absolute atomic E-state index is 12.7. The van der Waals surface area contributed by atoms with Gasteiger partial charge in [-0.25, -0.2) is 0 Å². The lowest BCUT2D eigenvalue weighted by molar-refractivity contribution is 0.102. The maximum Gasteiger partial charge on any atom is 0.259 e. The number of amides is 1. The molecule has 6 nitrogen and oxygen atoms in total. The molecule has 0 aliphatic heterocycles. The molecule has 0 radical (unpaired) electrons. The Morgan fingerprint density at radius 2 is 1.85 bits per heavy atom. The van der Waals surface area contributed by atoms with Crippen LogP contribution in [0.15, 0.2) is 67.1 Å². The van der Waals surface area contributed by atoms with Gasteiger partial charge in [-0.15, -0.1) is 0 Å². The van der Waals surface area contributed by atoms with Gasteiger partial charge in [-0.1, -0.05) is 41.9 Å². The normalized spacial score (nSPS) is 10.7. The standard InChI is InChI=1S/C20H16ClN5O/c1-26-12-14(10-23-26)13-6-8-15(9-7-13)24-20(27)17-11-22-25-19(17)16-4-2-3-5-18(16)21/h2-12H,1H3,(H,22,25)(H,24,27). The molecule has 2 N–H and O–H groups in total. The number of hydrogen-bond acceptors (Lipinski definition) is 3. The van der Waals surface area contributed by atoms with Crippen LogP contribution in [0.1, 0.15) is 10.4 Å². The van der Waals surface area contributed by atoms with Crippen LogP contribution < -0.4 is 5.32 Å². The van der Waals surface area contributed by atoms with Crippen LogP contribution in [0, 0.1) is 0 Å². The van der Waals surface area contributed by atoms with E-state index in [1.807, 2.05) is 55.7 Å². The maximum atomic E-state index is 12.7. The number of carbonyl (C=O) groups excluding carboxylic acids is 1. The van der Waals surface area contributed by atoms with Gasteiger partial charge in [0.05, 0.1) is 23.7 Å². The molecule has 0 spiro atoms. The second kappa shape index (κ2) is 7.09. The zero-order valence-electron chi connectivity index (χ0n) is 14.5. The summed E-state index contributed by atoms with van der Waals surface area (Å²) in [6, 6.07) is 14.9. The molecule has 134 valence electrons. The Labute approximate surface area is 160 Å². The number of nitrogens with zero attached hydrogens (tertiary/aromatic N) is 3. The van der Waals surface area contributed by atoms with Crippen molar-refractivity contribution in [3.63, 3.8) is 0 Å². The van der Waals surface area contributed by atoms with Crippen LogP contribution in [0.4, 0.5) is 5.69 Å². The van der Waals surface area contributed by atoms with Crippen LogP contribution in [-0.4, -0.2) is 25.9 Å². The lowest BCUT2D eigenvalue weighted by atomic mass is 10.1. The average molecular weight is 378 g/mol. The van der Waals surface area contributed by atoms with Crippen molar-refractivity contribution < 1.29 is 4.79 Å². The van der Waals surface area contributed by atoms with Crippen LogP contribution in [0.2, 0.25) is 5.02 Å². The Morgan fingerprint density at radius 1 is 1.07 bits per heavy atom. The Kier molecular flexibility index (Phi) is 4.48. The average Bonchev–Trinajstić information content (AvgIpc) is 3.32. The molecule has 4 rings (SSSR count). The van der Waals surface area contributed by atoms with E-state index in [9.17, 15) is 4.79 Å². The van der Waals surface area contributed by atoms with Crippen LogP contribution in [0.25, 0.3) is 22.4 Å². The molecule has 0 saturated heterocycles. The summed E-state index contributed by atoms with van der Waals surface area (Å²) in [6.07, 6.45) is 5.24. The molecule has 0 aliphatic rings. The summed E-state index contributed by atoms with van der Waals surface area (Å²) >= 11 is 6.24. The molecule has 27 heavy (non-hydrogen) atoms. The van der Waals surface area contributed by atoms with Gasteiger partial charge in [0.15, 0.2) is 0 Å². The minimum atomic E-state index is -0.257. The predicted molar refractivity (Wildman–Crippen MR) is 106 cm³/mol. The van der Waals surface area contributed by atoms with Gasteiger partial charge in [0, 0.05) is 35.1 Å². The number of anilines is 1. The van der Waals surface area contributed by atoms with Crippen molar-refractivity contribution in [3.8, 4) is 22.4 Å². The van der Waals surface area contributed by atoms with Crippen LogP contribution in [0.3, 0.4) is 0 Å². The number of aromatic amines is 1. The van der Waals surface area contributed by atoms with Crippen molar-refractivity contribution >= 4 is 23.2 Å². The molecular formula is C20H16ClN5O.